The van der Waals surface area contributed by atoms with Gasteiger partial charge >= 0.3 is 0 Å². The van der Waals surface area contributed by atoms with Gasteiger partial charge in [-0.25, -0.2) is 10.4 Å². The number of aryl methyl sites for hydroxylation is 2. The second-order valence-corrected chi connectivity index (χ2v) is 4.78. The van der Waals surface area contributed by atoms with Crippen LogP contribution in [0.1, 0.15) is 29.4 Å². The van der Waals surface area contributed by atoms with Crippen LogP contribution in [0.5, 0.6) is 5.75 Å². The molecule has 0 fully saturated rings. The molecule has 0 spiro atoms. The topological polar surface area (TPSA) is 65.1 Å². The van der Waals surface area contributed by atoms with Gasteiger partial charge in [0, 0.05) is 25.0 Å². The summed E-state index contributed by atoms with van der Waals surface area (Å²) in [6, 6.07) is 6.05. The van der Waals surface area contributed by atoms with Gasteiger partial charge in [-0.2, -0.15) is 0 Å². The number of para-hydroxylation sites is 1. The summed E-state index contributed by atoms with van der Waals surface area (Å²) in [6.45, 7) is 0.766. The molecule has 3 rings (SSSR count). The monoisotopic (exact) mass is 258 g/mol. The number of ether oxygens (including phenoxy) is 1. The summed E-state index contributed by atoms with van der Waals surface area (Å²) in [5, 5.41) is 0. The zero-order valence-electron chi connectivity index (χ0n) is 11.0. The van der Waals surface area contributed by atoms with Gasteiger partial charge in [0.05, 0.1) is 6.61 Å². The smallest absolute Gasteiger partial charge is 0.131 e. The van der Waals surface area contributed by atoms with Crippen LogP contribution in [0, 0.1) is 0 Å². The van der Waals surface area contributed by atoms with Gasteiger partial charge in [-0.05, 0) is 18.4 Å². The van der Waals surface area contributed by atoms with E-state index in [1.807, 2.05) is 23.9 Å². The maximum Gasteiger partial charge on any atom is 0.131 e. The fourth-order valence-corrected chi connectivity index (χ4v) is 2.60. The summed E-state index contributed by atoms with van der Waals surface area (Å²) < 4.78 is 7.81. The minimum Gasteiger partial charge on any atom is -0.493 e. The number of hydrogen-bond donors (Lipinski definition) is 2. The molecule has 0 bridgehead atoms. The zero-order chi connectivity index (χ0) is 13.2. The summed E-state index contributed by atoms with van der Waals surface area (Å²) >= 11 is 0. The first-order valence-corrected chi connectivity index (χ1v) is 6.49. The molecule has 1 aliphatic heterocycles. The highest BCUT2D eigenvalue weighted by molar-refractivity contribution is 5.46. The second kappa shape index (κ2) is 5.03. The lowest BCUT2D eigenvalue weighted by molar-refractivity contribution is 0.282. The van der Waals surface area contributed by atoms with E-state index >= 15 is 0 Å². The van der Waals surface area contributed by atoms with Crippen molar-refractivity contribution < 1.29 is 4.74 Å². The molecule has 1 aromatic heterocycles. The third-order valence-corrected chi connectivity index (χ3v) is 3.56. The SMILES string of the molecule is Cn1ccnc1C(NN)c1cccc2c1OCCC2. The number of hydrazine groups is 1. The first kappa shape index (κ1) is 12.2. The molecule has 100 valence electrons. The predicted molar refractivity (Wildman–Crippen MR) is 72.6 cm³/mol. The van der Waals surface area contributed by atoms with Crippen molar-refractivity contribution in [2.75, 3.05) is 6.61 Å². The predicted octanol–water partition coefficient (Wildman–Crippen LogP) is 1.30. The van der Waals surface area contributed by atoms with E-state index in [1.165, 1.54) is 5.56 Å². The van der Waals surface area contributed by atoms with Gasteiger partial charge in [-0.15, -0.1) is 0 Å². The largest absolute Gasteiger partial charge is 0.493 e. The highest BCUT2D eigenvalue weighted by Crippen LogP contribution is 2.34. The van der Waals surface area contributed by atoms with Crippen molar-refractivity contribution in [3.05, 3.63) is 47.5 Å². The Kier molecular flexibility index (Phi) is 3.23. The number of nitrogens with one attached hydrogen (secondary N) is 1. The summed E-state index contributed by atoms with van der Waals surface area (Å²) in [4.78, 5) is 4.38. The summed E-state index contributed by atoms with van der Waals surface area (Å²) in [7, 11) is 1.96. The Bertz CT molecular complexity index is 579. The van der Waals surface area contributed by atoms with Gasteiger partial charge in [0.2, 0.25) is 0 Å². The number of nitrogens with zero attached hydrogens (tertiary/aromatic N) is 2. The van der Waals surface area contributed by atoms with Crippen molar-refractivity contribution in [3.8, 4) is 5.75 Å². The maximum absolute atomic E-state index is 5.84. The van der Waals surface area contributed by atoms with Crippen molar-refractivity contribution in [1.29, 1.82) is 0 Å². The van der Waals surface area contributed by atoms with Gasteiger partial charge in [0.25, 0.3) is 0 Å². The lowest BCUT2D eigenvalue weighted by atomic mass is 9.98. The molecule has 5 nitrogen and oxygen atoms in total. The molecule has 1 unspecified atom stereocenters. The quantitative estimate of drug-likeness (QED) is 0.643. The zero-order valence-corrected chi connectivity index (χ0v) is 11.0. The molecule has 1 aromatic carbocycles. The molecular weight excluding hydrogens is 240 g/mol. The molecule has 0 aliphatic carbocycles. The fraction of sp³-hybridized carbons (Fsp3) is 0.357. The molecule has 2 heterocycles. The number of aromatic nitrogens is 2. The van der Waals surface area contributed by atoms with Crippen molar-refractivity contribution in [2.45, 2.75) is 18.9 Å². The fourth-order valence-electron chi connectivity index (χ4n) is 2.60. The van der Waals surface area contributed by atoms with E-state index in [0.29, 0.717) is 0 Å². The number of fused-ring (bicyclic) bond motifs is 1. The molecule has 0 saturated heterocycles. The van der Waals surface area contributed by atoms with E-state index in [4.69, 9.17) is 10.6 Å². The van der Waals surface area contributed by atoms with Crippen molar-refractivity contribution in [1.82, 2.24) is 15.0 Å². The van der Waals surface area contributed by atoms with Gasteiger partial charge in [-0.3, -0.25) is 5.84 Å². The second-order valence-electron chi connectivity index (χ2n) is 4.78. The minimum absolute atomic E-state index is 0.159. The normalized spacial score (nSPS) is 15.7. The van der Waals surface area contributed by atoms with Crippen LogP contribution in [0.4, 0.5) is 0 Å². The highest BCUT2D eigenvalue weighted by Gasteiger charge is 2.23. The Morgan fingerprint density at radius 1 is 1.47 bits per heavy atom. The maximum atomic E-state index is 5.84. The van der Waals surface area contributed by atoms with E-state index in [2.05, 4.69) is 22.5 Å². The van der Waals surface area contributed by atoms with Crippen LogP contribution in [0.3, 0.4) is 0 Å². The average molecular weight is 258 g/mol. The summed E-state index contributed by atoms with van der Waals surface area (Å²) in [5.74, 6) is 7.58. The molecular formula is C14H18N4O. The van der Waals surface area contributed by atoms with Crippen LogP contribution in [0.15, 0.2) is 30.6 Å². The van der Waals surface area contributed by atoms with Gasteiger partial charge in [0.15, 0.2) is 0 Å². The van der Waals surface area contributed by atoms with E-state index in [0.717, 1.165) is 36.6 Å². The summed E-state index contributed by atoms with van der Waals surface area (Å²) in [5.41, 5.74) is 5.15. The molecule has 0 amide bonds. The van der Waals surface area contributed by atoms with Crippen LogP contribution in [0.2, 0.25) is 0 Å². The number of hydrogen-bond acceptors (Lipinski definition) is 4. The third-order valence-electron chi connectivity index (χ3n) is 3.56. The Morgan fingerprint density at radius 2 is 2.37 bits per heavy atom. The summed E-state index contributed by atoms with van der Waals surface area (Å²) in [6.07, 6.45) is 5.81. The molecule has 1 aliphatic rings. The Balaban J connectivity index is 2.07. The lowest BCUT2D eigenvalue weighted by Crippen LogP contribution is -2.31. The van der Waals surface area contributed by atoms with E-state index in [9.17, 15) is 0 Å². The van der Waals surface area contributed by atoms with Crippen LogP contribution >= 0.6 is 0 Å². The van der Waals surface area contributed by atoms with Gasteiger partial charge in [-0.1, -0.05) is 18.2 Å². The number of nitrogens with two attached hydrogens (primary N) is 1. The molecule has 5 heteroatoms. The van der Waals surface area contributed by atoms with Crippen LogP contribution in [-0.2, 0) is 13.5 Å². The molecule has 1 atom stereocenters. The highest BCUT2D eigenvalue weighted by atomic mass is 16.5. The standard InChI is InChI=1S/C14H18N4O/c1-18-8-7-16-14(18)12(17-15)11-6-2-4-10-5-3-9-19-13(10)11/h2,4,6-8,12,17H,3,5,9,15H2,1H3. The Hall–Kier alpha value is -1.85. The van der Waals surface area contributed by atoms with Crippen LogP contribution < -0.4 is 16.0 Å². The first-order valence-electron chi connectivity index (χ1n) is 6.49. The number of benzene rings is 1. The van der Waals surface area contributed by atoms with Gasteiger partial charge < -0.3 is 9.30 Å². The first-order chi connectivity index (χ1) is 9.31. The minimum atomic E-state index is -0.159. The Labute approximate surface area is 112 Å². The van der Waals surface area contributed by atoms with Crippen LogP contribution in [0.25, 0.3) is 0 Å². The number of rotatable bonds is 3. The molecule has 19 heavy (non-hydrogen) atoms. The lowest BCUT2D eigenvalue weighted by Gasteiger charge is -2.24. The molecule has 3 N–H and O–H groups in total. The average Bonchev–Trinajstić information content (AvgIpc) is 2.86. The molecule has 2 aromatic rings. The van der Waals surface area contributed by atoms with Crippen molar-refractivity contribution in [2.24, 2.45) is 12.9 Å². The third kappa shape index (κ3) is 2.11. The van der Waals surface area contributed by atoms with Crippen molar-refractivity contribution in [3.63, 3.8) is 0 Å². The number of imidazole rings is 1. The molecule has 0 saturated carbocycles. The van der Waals surface area contributed by atoms with E-state index in [-0.39, 0.29) is 6.04 Å². The molecule has 0 radical (unpaired) electrons. The van der Waals surface area contributed by atoms with Crippen molar-refractivity contribution >= 4 is 0 Å². The van der Waals surface area contributed by atoms with Gasteiger partial charge in [0.1, 0.15) is 17.6 Å². The Morgan fingerprint density at radius 3 is 3.11 bits per heavy atom. The van der Waals surface area contributed by atoms with E-state index < -0.39 is 0 Å². The van der Waals surface area contributed by atoms with Crippen LogP contribution in [-0.4, -0.2) is 16.2 Å². The van der Waals surface area contributed by atoms with E-state index in [1.54, 1.807) is 6.20 Å².